The maximum atomic E-state index is 5.21. The van der Waals surface area contributed by atoms with Crippen LogP contribution in [0.5, 0.6) is 0 Å². The molecule has 0 N–H and O–H groups in total. The summed E-state index contributed by atoms with van der Waals surface area (Å²) in [5.41, 5.74) is 1.19. The lowest BCUT2D eigenvalue weighted by Crippen LogP contribution is -1.98. The van der Waals surface area contributed by atoms with E-state index in [0.29, 0.717) is 0 Å². The Morgan fingerprint density at radius 1 is 1.80 bits per heavy atom. The van der Waals surface area contributed by atoms with Gasteiger partial charge in [0.2, 0.25) is 0 Å². The van der Waals surface area contributed by atoms with Crippen LogP contribution >= 0.6 is 0 Å². The first kappa shape index (κ1) is 7.32. The Morgan fingerprint density at radius 2 is 2.60 bits per heavy atom. The molecule has 0 aliphatic carbocycles. The smallest absolute Gasteiger partial charge is 0.183 e. The minimum absolute atomic E-state index is 0.769. The summed E-state index contributed by atoms with van der Waals surface area (Å²) in [7, 11) is 0. The molecule has 10 heavy (non-hydrogen) atoms. The zero-order chi connectivity index (χ0) is 7.40. The van der Waals surface area contributed by atoms with Gasteiger partial charge in [0.1, 0.15) is 6.61 Å². The van der Waals surface area contributed by atoms with Gasteiger partial charge in [0.05, 0.1) is 6.54 Å². The topological polar surface area (TPSA) is 21.6 Å². The van der Waals surface area contributed by atoms with Crippen molar-refractivity contribution in [1.29, 1.82) is 0 Å². The molecule has 56 valence electrons. The fourth-order valence-electron chi connectivity index (χ4n) is 0.851. The van der Waals surface area contributed by atoms with Crippen LogP contribution in [0.4, 0.5) is 0 Å². The summed E-state index contributed by atoms with van der Waals surface area (Å²) in [6.07, 6.45) is 1.92. The Bertz CT molecular complexity index is 161. The highest BCUT2D eigenvalue weighted by Gasteiger charge is 2.05. The van der Waals surface area contributed by atoms with Crippen LogP contribution < -0.4 is 0 Å². The van der Waals surface area contributed by atoms with E-state index in [4.69, 9.17) is 4.74 Å². The van der Waals surface area contributed by atoms with Crippen LogP contribution in [0.15, 0.2) is 17.1 Å². The van der Waals surface area contributed by atoms with Gasteiger partial charge in [0.25, 0.3) is 0 Å². The van der Waals surface area contributed by atoms with Crippen molar-refractivity contribution in [2.45, 2.75) is 19.8 Å². The number of nitrogens with zero attached hydrogens (tertiary/aromatic N) is 1. The molecule has 0 radical (unpaired) electrons. The number of hydrogen-bond acceptors (Lipinski definition) is 2. The largest absolute Gasteiger partial charge is 0.479 e. The molecule has 0 saturated carbocycles. The average Bonchev–Trinajstić information content (AvgIpc) is 2.34. The van der Waals surface area contributed by atoms with Gasteiger partial charge in [0, 0.05) is 6.42 Å². The first-order chi connectivity index (χ1) is 4.79. The van der Waals surface area contributed by atoms with Crippen molar-refractivity contribution in [3.05, 3.63) is 12.2 Å². The van der Waals surface area contributed by atoms with Crippen molar-refractivity contribution < 1.29 is 4.74 Å². The van der Waals surface area contributed by atoms with Crippen molar-refractivity contribution in [2.75, 3.05) is 13.2 Å². The van der Waals surface area contributed by atoms with Gasteiger partial charge in [-0.3, -0.25) is 4.99 Å². The summed E-state index contributed by atoms with van der Waals surface area (Å²) < 4.78 is 5.21. The Hall–Kier alpha value is -0.790. The van der Waals surface area contributed by atoms with Gasteiger partial charge in [-0.05, 0) is 13.3 Å². The quantitative estimate of drug-likeness (QED) is 0.546. The second kappa shape index (κ2) is 3.40. The van der Waals surface area contributed by atoms with Gasteiger partial charge in [-0.1, -0.05) is 5.57 Å². The van der Waals surface area contributed by atoms with Crippen LogP contribution in [0.1, 0.15) is 19.8 Å². The minimum atomic E-state index is 0.769. The average molecular weight is 139 g/mol. The van der Waals surface area contributed by atoms with Gasteiger partial charge in [-0.2, -0.15) is 0 Å². The Kier molecular flexibility index (Phi) is 2.49. The van der Waals surface area contributed by atoms with Crippen LogP contribution in [0, 0.1) is 0 Å². The Labute approximate surface area is 61.6 Å². The number of allylic oxidation sites excluding steroid dienone is 1. The maximum Gasteiger partial charge on any atom is 0.183 e. The predicted octanol–water partition coefficient (Wildman–Crippen LogP) is 1.77. The van der Waals surface area contributed by atoms with E-state index in [2.05, 4.69) is 11.6 Å². The highest BCUT2D eigenvalue weighted by molar-refractivity contribution is 5.77. The molecule has 0 saturated heterocycles. The number of ether oxygens (including phenoxy) is 1. The van der Waals surface area contributed by atoms with E-state index in [-0.39, 0.29) is 0 Å². The van der Waals surface area contributed by atoms with E-state index in [0.717, 1.165) is 31.9 Å². The summed E-state index contributed by atoms with van der Waals surface area (Å²) in [6.45, 7) is 7.44. The normalized spacial score (nSPS) is 16.3. The molecule has 0 amide bonds. The molecule has 0 atom stereocenters. The van der Waals surface area contributed by atoms with Crippen molar-refractivity contribution in [2.24, 2.45) is 4.99 Å². The highest BCUT2D eigenvalue weighted by Crippen LogP contribution is 2.06. The summed E-state index contributed by atoms with van der Waals surface area (Å²) in [4.78, 5) is 4.16. The molecule has 2 heteroatoms. The van der Waals surface area contributed by atoms with Crippen LogP contribution in [-0.2, 0) is 4.74 Å². The van der Waals surface area contributed by atoms with Crippen molar-refractivity contribution in [3.8, 4) is 0 Å². The zero-order valence-electron chi connectivity index (χ0n) is 6.39. The predicted molar refractivity (Wildman–Crippen MR) is 42.3 cm³/mol. The lowest BCUT2D eigenvalue weighted by Gasteiger charge is -1.99. The third kappa shape index (κ3) is 2.21. The zero-order valence-corrected chi connectivity index (χ0v) is 6.39. The molecular weight excluding hydrogens is 126 g/mol. The third-order valence-electron chi connectivity index (χ3n) is 1.41. The molecule has 0 aromatic rings. The maximum absolute atomic E-state index is 5.21. The lowest BCUT2D eigenvalue weighted by atomic mass is 10.2. The molecule has 0 spiro atoms. The van der Waals surface area contributed by atoms with Gasteiger partial charge >= 0.3 is 0 Å². The van der Waals surface area contributed by atoms with Crippen LogP contribution in [0.3, 0.4) is 0 Å². The van der Waals surface area contributed by atoms with Gasteiger partial charge in [-0.15, -0.1) is 6.58 Å². The first-order valence-electron chi connectivity index (χ1n) is 3.59. The third-order valence-corrected chi connectivity index (χ3v) is 1.41. The summed E-state index contributed by atoms with van der Waals surface area (Å²) >= 11 is 0. The summed E-state index contributed by atoms with van der Waals surface area (Å²) in [6, 6.07) is 0. The van der Waals surface area contributed by atoms with E-state index in [1.54, 1.807) is 0 Å². The van der Waals surface area contributed by atoms with Crippen LogP contribution in [0.25, 0.3) is 0 Å². The van der Waals surface area contributed by atoms with Crippen molar-refractivity contribution in [3.63, 3.8) is 0 Å². The van der Waals surface area contributed by atoms with Gasteiger partial charge in [0.15, 0.2) is 5.90 Å². The first-order valence-corrected chi connectivity index (χ1v) is 3.59. The summed E-state index contributed by atoms with van der Waals surface area (Å²) in [5, 5.41) is 0. The second-order valence-electron chi connectivity index (χ2n) is 2.58. The van der Waals surface area contributed by atoms with E-state index in [1.807, 2.05) is 6.92 Å². The molecule has 0 aromatic carbocycles. The summed E-state index contributed by atoms with van der Waals surface area (Å²) in [5.74, 6) is 0.906. The molecule has 2 nitrogen and oxygen atoms in total. The van der Waals surface area contributed by atoms with E-state index >= 15 is 0 Å². The van der Waals surface area contributed by atoms with E-state index in [9.17, 15) is 0 Å². The van der Waals surface area contributed by atoms with Crippen molar-refractivity contribution in [1.82, 2.24) is 0 Å². The lowest BCUT2D eigenvalue weighted by molar-refractivity contribution is 0.338. The van der Waals surface area contributed by atoms with Gasteiger partial charge < -0.3 is 4.74 Å². The SMILES string of the molecule is C=C(C)CCC1=NCCO1. The molecule has 1 heterocycles. The molecule has 0 bridgehead atoms. The van der Waals surface area contributed by atoms with E-state index in [1.165, 1.54) is 5.57 Å². The van der Waals surface area contributed by atoms with Gasteiger partial charge in [-0.25, -0.2) is 0 Å². The molecule has 1 aliphatic rings. The van der Waals surface area contributed by atoms with Crippen LogP contribution in [0.2, 0.25) is 0 Å². The second-order valence-corrected chi connectivity index (χ2v) is 2.58. The minimum Gasteiger partial charge on any atom is -0.479 e. The molecule has 0 unspecified atom stereocenters. The van der Waals surface area contributed by atoms with Crippen LogP contribution in [-0.4, -0.2) is 19.0 Å². The highest BCUT2D eigenvalue weighted by atomic mass is 16.5. The molecule has 1 aliphatic heterocycles. The number of rotatable bonds is 3. The van der Waals surface area contributed by atoms with E-state index < -0.39 is 0 Å². The van der Waals surface area contributed by atoms with Crippen molar-refractivity contribution >= 4 is 5.90 Å². The number of aliphatic imine (C=N–C) groups is 1. The fraction of sp³-hybridized carbons (Fsp3) is 0.625. The molecule has 1 rings (SSSR count). The molecular formula is C8H13NO. The standard InChI is InChI=1S/C8H13NO/c1-7(2)3-4-8-9-5-6-10-8/h1,3-6H2,2H3. The monoisotopic (exact) mass is 139 g/mol. The fourth-order valence-corrected chi connectivity index (χ4v) is 0.851. The molecule has 0 aromatic heterocycles. The molecule has 0 fully saturated rings. The Balaban J connectivity index is 2.19. The number of hydrogen-bond donors (Lipinski definition) is 0. The Morgan fingerprint density at radius 3 is 3.10 bits per heavy atom.